The maximum absolute atomic E-state index is 14.5. The number of carbonyl (C=O) groups is 1. The maximum atomic E-state index is 14.5. The van der Waals surface area contributed by atoms with Gasteiger partial charge in [-0.25, -0.2) is 0 Å². The summed E-state index contributed by atoms with van der Waals surface area (Å²) in [6, 6.07) is 21.8. The normalized spacial score (nSPS) is 32.3. The Morgan fingerprint density at radius 3 is 2.27 bits per heavy atom. The average molecular weight is 456 g/mol. The molecule has 2 aromatic carbocycles. The van der Waals surface area contributed by atoms with Crippen molar-refractivity contribution in [3.05, 3.63) is 106 Å². The minimum absolute atomic E-state index is 0.103. The van der Waals surface area contributed by atoms with Crippen molar-refractivity contribution in [1.29, 1.82) is 0 Å². The summed E-state index contributed by atoms with van der Waals surface area (Å²) in [6.07, 6.45) is 1.71. The first kappa shape index (κ1) is 20.9. The Kier molecular flexibility index (Phi) is 4.53. The van der Waals surface area contributed by atoms with Gasteiger partial charge >= 0.3 is 0 Å². The number of carbonyl (C=O) groups excluding carboxylic acids is 1. The number of thiophene rings is 1. The molecule has 1 saturated heterocycles. The van der Waals surface area contributed by atoms with E-state index in [2.05, 4.69) is 91.4 Å². The molecule has 0 radical (unpaired) electrons. The van der Waals surface area contributed by atoms with Crippen molar-refractivity contribution in [2.24, 2.45) is 11.8 Å². The Morgan fingerprint density at radius 1 is 1.09 bits per heavy atom. The standard InChI is InChI=1S/C29H29NO2S/c1-5-16-30-27(31)26-25(28(30,3)23-15-10-17-33-23)24-19-11-6-8-13-21(19)29(26,18(2)32-4)22-14-9-7-12-20(22)24/h5-15,17-18,24-26H,1,16H2,2-4H3/t18-,24?,25-,26+,28+,29?/m1/s1. The highest BCUT2D eigenvalue weighted by atomic mass is 32.1. The first-order valence-corrected chi connectivity index (χ1v) is 12.6. The van der Waals surface area contributed by atoms with Crippen LogP contribution in [0.2, 0.25) is 0 Å². The fourth-order valence-corrected chi connectivity index (χ4v) is 8.47. The molecule has 3 aliphatic carbocycles. The van der Waals surface area contributed by atoms with Crippen molar-refractivity contribution in [3.63, 3.8) is 0 Å². The van der Waals surface area contributed by atoms with Crippen LogP contribution in [0, 0.1) is 11.8 Å². The molecule has 0 N–H and O–H groups in total. The second-order valence-electron chi connectivity index (χ2n) is 9.76. The summed E-state index contributed by atoms with van der Waals surface area (Å²) in [4.78, 5) is 17.8. The van der Waals surface area contributed by atoms with Crippen molar-refractivity contribution >= 4 is 17.2 Å². The van der Waals surface area contributed by atoms with E-state index in [1.807, 2.05) is 6.08 Å². The second-order valence-corrected chi connectivity index (χ2v) is 10.7. The molecule has 2 heterocycles. The predicted octanol–water partition coefficient (Wildman–Crippen LogP) is 5.70. The number of rotatable bonds is 5. The van der Waals surface area contributed by atoms with Gasteiger partial charge in [0, 0.05) is 30.4 Å². The topological polar surface area (TPSA) is 29.5 Å². The molecule has 4 atom stereocenters. The first-order valence-electron chi connectivity index (χ1n) is 11.7. The van der Waals surface area contributed by atoms with Crippen LogP contribution in [0.1, 0.15) is 46.9 Å². The third kappa shape index (κ3) is 2.31. The lowest BCUT2D eigenvalue weighted by Crippen LogP contribution is -2.60. The molecule has 1 aliphatic heterocycles. The molecule has 3 aromatic rings. The number of likely N-dealkylation sites (tertiary alicyclic amines) is 1. The lowest BCUT2D eigenvalue weighted by Gasteiger charge is -2.58. The summed E-state index contributed by atoms with van der Waals surface area (Å²) in [5.41, 5.74) is 4.24. The van der Waals surface area contributed by atoms with Crippen LogP contribution in [0.3, 0.4) is 0 Å². The van der Waals surface area contributed by atoms with Gasteiger partial charge in [0.1, 0.15) is 0 Å². The third-order valence-electron chi connectivity index (χ3n) is 8.76. The lowest BCUT2D eigenvalue weighted by molar-refractivity contribution is -0.136. The zero-order valence-corrected chi connectivity index (χ0v) is 20.1. The Hall–Kier alpha value is -2.69. The Labute approximate surface area is 199 Å². The van der Waals surface area contributed by atoms with Gasteiger partial charge in [-0.15, -0.1) is 17.9 Å². The van der Waals surface area contributed by atoms with Gasteiger partial charge in [0.25, 0.3) is 0 Å². The van der Waals surface area contributed by atoms with Crippen LogP contribution in [-0.2, 0) is 20.5 Å². The summed E-state index contributed by atoms with van der Waals surface area (Å²) < 4.78 is 6.14. The summed E-state index contributed by atoms with van der Waals surface area (Å²) in [6.45, 7) is 8.97. The smallest absolute Gasteiger partial charge is 0.228 e. The highest BCUT2D eigenvalue weighted by Crippen LogP contribution is 2.70. The third-order valence-corrected chi connectivity index (χ3v) is 9.86. The molecule has 0 unspecified atom stereocenters. The molecule has 4 aliphatic rings. The van der Waals surface area contributed by atoms with Crippen LogP contribution in [0.25, 0.3) is 0 Å². The largest absolute Gasteiger partial charge is 0.380 e. The van der Waals surface area contributed by atoms with E-state index in [1.54, 1.807) is 18.4 Å². The van der Waals surface area contributed by atoms with E-state index < -0.39 is 11.0 Å². The molecule has 4 heteroatoms. The molecule has 168 valence electrons. The molecule has 7 rings (SSSR count). The van der Waals surface area contributed by atoms with Crippen molar-refractivity contribution in [2.75, 3.05) is 13.7 Å². The van der Waals surface area contributed by atoms with Gasteiger partial charge in [0.05, 0.1) is 23.0 Å². The summed E-state index contributed by atoms with van der Waals surface area (Å²) in [7, 11) is 1.78. The number of methoxy groups -OCH3 is 1. The van der Waals surface area contributed by atoms with Crippen LogP contribution >= 0.6 is 11.3 Å². The van der Waals surface area contributed by atoms with Gasteiger partial charge in [0.15, 0.2) is 0 Å². The summed E-state index contributed by atoms with van der Waals surface area (Å²) in [5, 5.41) is 2.13. The summed E-state index contributed by atoms with van der Waals surface area (Å²) in [5.74, 6) is 0.271. The van der Waals surface area contributed by atoms with Crippen molar-refractivity contribution in [1.82, 2.24) is 4.90 Å². The Bertz CT molecular complexity index is 1200. The molecule has 0 spiro atoms. The monoisotopic (exact) mass is 455 g/mol. The molecule has 0 saturated carbocycles. The molecule has 1 amide bonds. The molecule has 1 fully saturated rings. The number of amides is 1. The Balaban J connectivity index is 1.75. The maximum Gasteiger partial charge on any atom is 0.228 e. The van der Waals surface area contributed by atoms with Crippen molar-refractivity contribution < 1.29 is 9.53 Å². The molecule has 2 bridgehead atoms. The molecular formula is C29H29NO2S. The van der Waals surface area contributed by atoms with E-state index in [9.17, 15) is 4.79 Å². The minimum Gasteiger partial charge on any atom is -0.380 e. The van der Waals surface area contributed by atoms with Gasteiger partial charge in [0.2, 0.25) is 5.91 Å². The highest BCUT2D eigenvalue weighted by Gasteiger charge is 2.72. The van der Waals surface area contributed by atoms with Crippen LogP contribution < -0.4 is 0 Å². The highest BCUT2D eigenvalue weighted by molar-refractivity contribution is 7.10. The second kappa shape index (κ2) is 7.15. The minimum atomic E-state index is -0.535. The fourth-order valence-electron chi connectivity index (χ4n) is 7.52. The van der Waals surface area contributed by atoms with Gasteiger partial charge in [-0.3, -0.25) is 4.79 Å². The van der Waals surface area contributed by atoms with Crippen LogP contribution in [0.4, 0.5) is 0 Å². The molecule has 33 heavy (non-hydrogen) atoms. The average Bonchev–Trinajstić information content (AvgIpc) is 3.47. The van der Waals surface area contributed by atoms with E-state index in [0.29, 0.717) is 6.54 Å². The van der Waals surface area contributed by atoms with Crippen LogP contribution in [0.15, 0.2) is 78.7 Å². The number of hydrogen-bond donors (Lipinski definition) is 0. The predicted molar refractivity (Wildman–Crippen MR) is 133 cm³/mol. The van der Waals surface area contributed by atoms with E-state index in [0.717, 1.165) is 0 Å². The quantitative estimate of drug-likeness (QED) is 0.462. The number of benzene rings is 2. The zero-order valence-electron chi connectivity index (χ0n) is 19.3. The van der Waals surface area contributed by atoms with E-state index in [4.69, 9.17) is 4.74 Å². The number of hydrogen-bond acceptors (Lipinski definition) is 3. The molecular weight excluding hydrogens is 426 g/mol. The SMILES string of the molecule is C=CCN1C(=O)[C@@H]2[C@@H](C3c4ccccc4C2([C@@H](C)OC)c2ccccc23)[C@]1(C)c1cccs1. The van der Waals surface area contributed by atoms with E-state index in [1.165, 1.54) is 27.1 Å². The van der Waals surface area contributed by atoms with Crippen LogP contribution in [0.5, 0.6) is 0 Å². The number of ether oxygens (including phenoxy) is 1. The fraction of sp³-hybridized carbons (Fsp3) is 0.345. The Morgan fingerprint density at radius 2 is 1.73 bits per heavy atom. The van der Waals surface area contributed by atoms with Crippen LogP contribution in [-0.4, -0.2) is 30.6 Å². The van der Waals surface area contributed by atoms with Gasteiger partial charge < -0.3 is 9.64 Å². The molecule has 3 nitrogen and oxygen atoms in total. The molecule has 1 aromatic heterocycles. The van der Waals surface area contributed by atoms with Gasteiger partial charge in [-0.2, -0.15) is 0 Å². The zero-order chi connectivity index (χ0) is 23.0. The first-order chi connectivity index (χ1) is 16.0. The van der Waals surface area contributed by atoms with Gasteiger partial charge in [-0.05, 0) is 47.5 Å². The van der Waals surface area contributed by atoms with E-state index in [-0.39, 0.29) is 29.8 Å². The number of nitrogens with zero attached hydrogens (tertiary/aromatic N) is 1. The lowest BCUT2D eigenvalue weighted by atomic mass is 9.44. The summed E-state index contributed by atoms with van der Waals surface area (Å²) >= 11 is 1.75. The van der Waals surface area contributed by atoms with Crippen molar-refractivity contribution in [2.45, 2.75) is 36.8 Å². The van der Waals surface area contributed by atoms with Crippen molar-refractivity contribution in [3.8, 4) is 0 Å². The van der Waals surface area contributed by atoms with E-state index >= 15 is 0 Å². The van der Waals surface area contributed by atoms with Gasteiger partial charge in [-0.1, -0.05) is 60.7 Å².